The fourth-order valence-electron chi connectivity index (χ4n) is 1.29. The second kappa shape index (κ2) is 5.31. The van der Waals surface area contributed by atoms with Crippen LogP contribution in [0.4, 0.5) is 0 Å². The quantitative estimate of drug-likeness (QED) is 0.775. The lowest BCUT2D eigenvalue weighted by Gasteiger charge is -2.17. The maximum absolute atomic E-state index is 12.2. The van der Waals surface area contributed by atoms with Crippen molar-refractivity contribution >= 4 is 42.7 Å². The van der Waals surface area contributed by atoms with Gasteiger partial charge in [-0.15, -0.1) is 22.7 Å². The van der Waals surface area contributed by atoms with E-state index in [-0.39, 0.29) is 12.3 Å². The molecule has 0 N–H and O–H groups in total. The third-order valence-corrected chi connectivity index (χ3v) is 8.75. The SMILES string of the molecule is CON(S(=O)(=O)c1cccs1)S(=O)(=O)c1cccs1. The van der Waals surface area contributed by atoms with Crippen LogP contribution in [0.1, 0.15) is 0 Å². The average Bonchev–Trinajstić information content (AvgIpc) is 3.03. The molecule has 6 nitrogen and oxygen atoms in total. The number of hydrogen-bond donors (Lipinski definition) is 0. The maximum Gasteiger partial charge on any atom is 0.288 e. The van der Waals surface area contributed by atoms with E-state index in [1.807, 2.05) is 0 Å². The van der Waals surface area contributed by atoms with Crippen LogP contribution in [-0.4, -0.2) is 27.8 Å². The first kappa shape index (κ1) is 14.6. The van der Waals surface area contributed by atoms with Gasteiger partial charge in [0.1, 0.15) is 8.42 Å². The van der Waals surface area contributed by atoms with Crippen molar-refractivity contribution in [3.63, 3.8) is 0 Å². The van der Waals surface area contributed by atoms with Gasteiger partial charge in [0.2, 0.25) is 0 Å². The first-order valence-electron chi connectivity index (χ1n) is 4.82. The summed E-state index contributed by atoms with van der Waals surface area (Å²) in [6, 6.07) is 5.66. The zero-order chi connectivity index (χ0) is 14.1. The molecule has 0 aliphatic heterocycles. The van der Waals surface area contributed by atoms with Crippen LogP contribution in [-0.2, 0) is 24.9 Å². The van der Waals surface area contributed by atoms with Gasteiger partial charge in [-0.05, 0) is 22.9 Å². The van der Waals surface area contributed by atoms with Crippen molar-refractivity contribution in [2.45, 2.75) is 8.42 Å². The second-order valence-corrected chi connectivity index (χ2v) is 9.31. The lowest BCUT2D eigenvalue weighted by Crippen LogP contribution is -2.35. The van der Waals surface area contributed by atoms with E-state index in [0.29, 0.717) is 0 Å². The Hall–Kier alpha value is -0.780. The van der Waals surface area contributed by atoms with Gasteiger partial charge in [-0.1, -0.05) is 12.1 Å². The molecule has 2 heterocycles. The minimum atomic E-state index is -4.24. The Morgan fingerprint density at radius 3 is 1.63 bits per heavy atom. The topological polar surface area (TPSA) is 80.8 Å². The minimum absolute atomic E-state index is 0.0394. The number of hydrogen-bond acceptors (Lipinski definition) is 7. The van der Waals surface area contributed by atoms with Crippen LogP contribution < -0.4 is 0 Å². The first-order chi connectivity index (χ1) is 8.90. The second-order valence-electron chi connectivity index (χ2n) is 3.22. The van der Waals surface area contributed by atoms with Crippen LogP contribution in [0.2, 0.25) is 0 Å². The molecule has 0 aliphatic carbocycles. The van der Waals surface area contributed by atoms with Gasteiger partial charge in [0.25, 0.3) is 20.0 Å². The van der Waals surface area contributed by atoms with E-state index in [0.717, 1.165) is 29.8 Å². The smallest absolute Gasteiger partial charge is 0.273 e. The Labute approximate surface area is 118 Å². The summed E-state index contributed by atoms with van der Waals surface area (Å²) in [5.41, 5.74) is 0. The molecule has 104 valence electrons. The van der Waals surface area contributed by atoms with Crippen LogP contribution in [0.25, 0.3) is 0 Å². The maximum atomic E-state index is 12.2. The van der Waals surface area contributed by atoms with Crippen molar-refractivity contribution < 1.29 is 21.7 Å². The molecule has 0 amide bonds. The molecular formula is C9H9NO5S4. The van der Waals surface area contributed by atoms with Gasteiger partial charge >= 0.3 is 0 Å². The van der Waals surface area contributed by atoms with Gasteiger partial charge in [-0.3, -0.25) is 4.84 Å². The number of rotatable bonds is 5. The van der Waals surface area contributed by atoms with Crippen molar-refractivity contribution in [1.82, 2.24) is 3.87 Å². The van der Waals surface area contributed by atoms with Gasteiger partial charge in [-0.25, -0.2) is 16.8 Å². The predicted octanol–water partition coefficient (Wildman–Crippen LogP) is 1.75. The van der Waals surface area contributed by atoms with Gasteiger partial charge < -0.3 is 0 Å². The van der Waals surface area contributed by atoms with Gasteiger partial charge in [0.15, 0.2) is 0 Å². The third-order valence-electron chi connectivity index (χ3n) is 2.04. The van der Waals surface area contributed by atoms with E-state index in [4.69, 9.17) is 0 Å². The van der Waals surface area contributed by atoms with E-state index >= 15 is 0 Å². The predicted molar refractivity (Wildman–Crippen MR) is 71.9 cm³/mol. The summed E-state index contributed by atoms with van der Waals surface area (Å²) in [7, 11) is -7.49. The molecular weight excluding hydrogens is 330 g/mol. The molecule has 0 unspecified atom stereocenters. The normalized spacial score (nSPS) is 12.9. The highest BCUT2D eigenvalue weighted by molar-refractivity contribution is 8.05. The molecule has 0 fully saturated rings. The van der Waals surface area contributed by atoms with Crippen LogP contribution >= 0.6 is 22.7 Å². The molecule has 0 atom stereocenters. The van der Waals surface area contributed by atoms with E-state index in [2.05, 4.69) is 4.84 Å². The number of nitrogens with zero attached hydrogens (tertiary/aromatic N) is 1. The molecule has 10 heteroatoms. The summed E-state index contributed by atoms with van der Waals surface area (Å²) in [5.74, 6) is 0. The summed E-state index contributed by atoms with van der Waals surface area (Å²) in [5, 5.41) is 3.08. The number of sulfonamides is 2. The van der Waals surface area contributed by atoms with Crippen molar-refractivity contribution in [3.05, 3.63) is 35.0 Å². The van der Waals surface area contributed by atoms with Gasteiger partial charge in [-0.2, -0.15) is 0 Å². The lowest BCUT2D eigenvalue weighted by atomic mass is 10.7. The van der Waals surface area contributed by atoms with Crippen molar-refractivity contribution in [2.24, 2.45) is 0 Å². The fraction of sp³-hybridized carbons (Fsp3) is 0.111. The Morgan fingerprint density at radius 1 is 0.947 bits per heavy atom. The molecule has 0 bridgehead atoms. The molecule has 0 aliphatic rings. The Bertz CT molecular complexity index is 666. The zero-order valence-corrected chi connectivity index (χ0v) is 12.9. The van der Waals surface area contributed by atoms with Gasteiger partial charge in [0.05, 0.1) is 7.11 Å². The van der Waals surface area contributed by atoms with Crippen LogP contribution in [0.3, 0.4) is 0 Å². The largest absolute Gasteiger partial charge is 0.288 e. The monoisotopic (exact) mass is 339 g/mol. The molecule has 2 aromatic rings. The van der Waals surface area contributed by atoms with Crippen molar-refractivity contribution in [3.8, 4) is 0 Å². The molecule has 2 aromatic heterocycles. The average molecular weight is 339 g/mol. The fourth-order valence-corrected chi connectivity index (χ4v) is 6.89. The Kier molecular flexibility index (Phi) is 4.08. The molecule has 2 rings (SSSR count). The third kappa shape index (κ3) is 2.59. The summed E-state index contributed by atoms with van der Waals surface area (Å²) < 4.78 is 48.6. The summed E-state index contributed by atoms with van der Waals surface area (Å²) in [6.45, 7) is 0. The van der Waals surface area contributed by atoms with E-state index in [9.17, 15) is 16.8 Å². The van der Waals surface area contributed by atoms with Gasteiger partial charge in [0, 0.05) is 3.87 Å². The molecule has 0 saturated carbocycles. The minimum Gasteiger partial charge on any atom is -0.273 e. The summed E-state index contributed by atoms with van der Waals surface area (Å²) in [4.78, 5) is 4.60. The lowest BCUT2D eigenvalue weighted by molar-refractivity contribution is 0.0294. The molecule has 0 spiro atoms. The van der Waals surface area contributed by atoms with E-state index in [1.54, 1.807) is 10.8 Å². The molecule has 0 radical (unpaired) electrons. The molecule has 0 aromatic carbocycles. The number of thiophene rings is 2. The Balaban J connectivity index is 2.53. The molecule has 19 heavy (non-hydrogen) atoms. The zero-order valence-electron chi connectivity index (χ0n) is 9.59. The van der Waals surface area contributed by atoms with Crippen molar-refractivity contribution in [1.29, 1.82) is 0 Å². The van der Waals surface area contributed by atoms with Crippen LogP contribution in [0.5, 0.6) is 0 Å². The van der Waals surface area contributed by atoms with E-state index < -0.39 is 20.0 Å². The summed E-state index contributed by atoms with van der Waals surface area (Å²) >= 11 is 1.83. The molecule has 0 saturated heterocycles. The van der Waals surface area contributed by atoms with Crippen LogP contribution in [0.15, 0.2) is 43.4 Å². The summed E-state index contributed by atoms with van der Waals surface area (Å²) in [6.07, 6.45) is 0. The Morgan fingerprint density at radius 2 is 1.37 bits per heavy atom. The van der Waals surface area contributed by atoms with Crippen molar-refractivity contribution in [2.75, 3.05) is 7.11 Å². The standard InChI is InChI=1S/C9H9NO5S4/c1-15-10(18(11,12)8-4-2-6-16-8)19(13,14)9-5-3-7-17-9/h2-7H,1H3. The van der Waals surface area contributed by atoms with E-state index in [1.165, 1.54) is 24.3 Å². The first-order valence-corrected chi connectivity index (χ1v) is 9.46. The van der Waals surface area contributed by atoms with Crippen LogP contribution in [0, 0.1) is 0 Å². The highest BCUT2D eigenvalue weighted by Crippen LogP contribution is 2.28. The highest BCUT2D eigenvalue weighted by Gasteiger charge is 2.38. The highest BCUT2D eigenvalue weighted by atomic mass is 32.3.